The predicted molar refractivity (Wildman–Crippen MR) is 12.3 cm³/mol. The molecule has 0 spiro atoms. The summed E-state index contributed by atoms with van der Waals surface area (Å²) in [5.74, 6) is 0. The summed E-state index contributed by atoms with van der Waals surface area (Å²) in [5, 5.41) is 7.08. The molecule has 2 N–H and O–H groups in total. The summed E-state index contributed by atoms with van der Waals surface area (Å²) in [6.07, 6.45) is -1.58. The van der Waals surface area contributed by atoms with Gasteiger partial charge in [-0.15, -0.1) is 0 Å². The summed E-state index contributed by atoms with van der Waals surface area (Å²) >= 11 is 0. The number of hydrogen-bond donors (Lipinski definition) is 1. The fraction of sp³-hybridized carbons (Fsp3) is 0. The van der Waals surface area contributed by atoms with Gasteiger partial charge in [0.05, 0.1) is 0 Å². The number of carbonyl (C=O) groups is 1. The van der Waals surface area contributed by atoms with Crippen molar-refractivity contribution in [1.29, 1.82) is 0 Å². The van der Waals surface area contributed by atoms with Crippen molar-refractivity contribution in [3.63, 3.8) is 0 Å². The van der Waals surface area contributed by atoms with E-state index < -0.39 is 6.09 Å². The third-order valence-corrected chi connectivity index (χ3v) is 0. The van der Waals surface area contributed by atoms with Gasteiger partial charge in [-0.1, -0.05) is 0 Å². The second kappa shape index (κ2) is 3.78. The van der Waals surface area contributed by atoms with E-state index >= 15 is 0 Å². The molecule has 0 aliphatic heterocycles. The summed E-state index contributed by atoms with van der Waals surface area (Å²) in [4.78, 5) is 8.67. The second-order valence-electron chi connectivity index (χ2n) is 0.305. The number of hydrogen-bond acceptors (Lipinski definition) is 1. The zero-order valence-corrected chi connectivity index (χ0v) is 3.23. The molecular weight excluding hydrogens is 117 g/mol. The first kappa shape index (κ1) is 8.84. The van der Waals surface area contributed by atoms with Crippen LogP contribution in [0.5, 0.6) is 0 Å². The maximum atomic E-state index is 8.67. The number of carboxylic acid groups (broad SMARTS) is 1. The molecule has 0 saturated carbocycles. The Morgan fingerprint density at radius 1 is 1.80 bits per heavy atom. The van der Waals surface area contributed by atoms with E-state index in [9.17, 15) is 0 Å². The van der Waals surface area contributed by atoms with Crippen LogP contribution in [-0.2, 0) is 16.8 Å². The summed E-state index contributed by atoms with van der Waals surface area (Å²) in [6, 6.07) is 0. The van der Waals surface area contributed by atoms with Gasteiger partial charge in [0.25, 0.3) is 0 Å². The van der Waals surface area contributed by atoms with Gasteiger partial charge < -0.3 is 10.8 Å². The molecule has 3 nitrogen and oxygen atoms in total. The van der Waals surface area contributed by atoms with Crippen LogP contribution in [-0.4, -0.2) is 11.2 Å². The van der Waals surface area contributed by atoms with Gasteiger partial charge in [0.2, 0.25) is 6.09 Å². The van der Waals surface area contributed by atoms with Gasteiger partial charge in [-0.3, -0.25) is 4.79 Å². The van der Waals surface area contributed by atoms with Gasteiger partial charge in [0.15, 0.2) is 0 Å². The minimum absolute atomic E-state index is 0. The van der Waals surface area contributed by atoms with Gasteiger partial charge >= 0.3 is 0 Å². The zero-order valence-electron chi connectivity index (χ0n) is 2.19. The molecular formula is CH2CoNO2-. The van der Waals surface area contributed by atoms with Crippen LogP contribution in [0.4, 0.5) is 4.79 Å². The van der Waals surface area contributed by atoms with Crippen molar-refractivity contribution in [2.45, 2.75) is 0 Å². The second-order valence-corrected chi connectivity index (χ2v) is 0.305. The van der Waals surface area contributed by atoms with Crippen LogP contribution in [0.25, 0.3) is 5.73 Å². The van der Waals surface area contributed by atoms with E-state index in [1.165, 1.54) is 0 Å². The van der Waals surface area contributed by atoms with E-state index in [0.717, 1.165) is 0 Å². The normalized spacial score (nSPS) is 4.80. The fourth-order valence-electron chi connectivity index (χ4n) is 0. The van der Waals surface area contributed by atoms with Gasteiger partial charge in [-0.05, 0) is 0 Å². The summed E-state index contributed by atoms with van der Waals surface area (Å²) in [5.41, 5.74) is 5.50. The smallest absolute Gasteiger partial charge is 0.224 e. The predicted octanol–water partition coefficient (Wildman–Crippen LogP) is 0.714. The van der Waals surface area contributed by atoms with Crippen LogP contribution in [0.15, 0.2) is 0 Å². The Morgan fingerprint density at radius 2 is 1.80 bits per heavy atom. The first-order valence-electron chi connectivity index (χ1n) is 0.678. The summed E-state index contributed by atoms with van der Waals surface area (Å²) < 4.78 is 0. The molecule has 0 fully saturated rings. The molecule has 0 saturated heterocycles. The Hall–Kier alpha value is -0.224. The SMILES string of the molecule is [Co].[NH-]C(=O)O. The molecule has 4 heteroatoms. The molecule has 0 rings (SSSR count). The van der Waals surface area contributed by atoms with E-state index in [-0.39, 0.29) is 16.8 Å². The molecule has 0 atom stereocenters. The van der Waals surface area contributed by atoms with E-state index in [0.29, 0.717) is 0 Å². The molecule has 0 aromatic heterocycles. The van der Waals surface area contributed by atoms with Gasteiger partial charge in [0.1, 0.15) is 0 Å². The summed E-state index contributed by atoms with van der Waals surface area (Å²) in [7, 11) is 0. The Balaban J connectivity index is 0. The standard InChI is InChI=1S/CH2NO2.Co/c2-1(3)4;/h2H,(H,3,4);/q-1;. The molecule has 5 heavy (non-hydrogen) atoms. The molecule has 1 radical (unpaired) electrons. The van der Waals surface area contributed by atoms with E-state index in [2.05, 4.69) is 0 Å². The Kier molecular flexibility index (Phi) is 6.67. The molecule has 0 unspecified atom stereocenters. The van der Waals surface area contributed by atoms with Crippen molar-refractivity contribution in [3.8, 4) is 0 Å². The van der Waals surface area contributed by atoms with E-state index in [1.807, 2.05) is 0 Å². The summed E-state index contributed by atoms with van der Waals surface area (Å²) in [6.45, 7) is 0. The number of nitrogens with one attached hydrogen (secondary N) is 1. The van der Waals surface area contributed by atoms with Crippen LogP contribution < -0.4 is 0 Å². The van der Waals surface area contributed by atoms with Gasteiger partial charge in [0, 0.05) is 16.8 Å². The Bertz CT molecular complexity index is 32.6. The topological polar surface area (TPSA) is 61.1 Å². The van der Waals surface area contributed by atoms with Crippen LogP contribution >= 0.6 is 0 Å². The Morgan fingerprint density at radius 3 is 1.80 bits per heavy atom. The molecule has 0 aromatic carbocycles. The van der Waals surface area contributed by atoms with Crippen molar-refractivity contribution in [3.05, 3.63) is 5.73 Å². The average Bonchev–Trinajstić information content (AvgIpc) is 0.811. The third-order valence-electron chi connectivity index (χ3n) is 0. The minimum atomic E-state index is -1.58. The quantitative estimate of drug-likeness (QED) is 0.510. The fourth-order valence-corrected chi connectivity index (χ4v) is 0. The maximum Gasteiger partial charge on any atom is 0.224 e. The average molecular weight is 119 g/mol. The van der Waals surface area contributed by atoms with E-state index in [4.69, 9.17) is 15.6 Å². The minimum Gasteiger partial charge on any atom is -0.632 e. The molecule has 0 bridgehead atoms. The maximum absolute atomic E-state index is 8.67. The largest absolute Gasteiger partial charge is 0.632 e. The number of amides is 1. The molecule has 0 heterocycles. The van der Waals surface area contributed by atoms with Crippen LogP contribution in [0, 0.1) is 0 Å². The number of rotatable bonds is 0. The van der Waals surface area contributed by atoms with Crippen molar-refractivity contribution in [2.75, 3.05) is 0 Å². The van der Waals surface area contributed by atoms with Crippen molar-refractivity contribution >= 4 is 6.09 Å². The van der Waals surface area contributed by atoms with Crippen LogP contribution in [0.2, 0.25) is 0 Å². The van der Waals surface area contributed by atoms with Crippen LogP contribution in [0.1, 0.15) is 0 Å². The first-order valence-corrected chi connectivity index (χ1v) is 0.678. The van der Waals surface area contributed by atoms with Crippen molar-refractivity contribution in [1.82, 2.24) is 0 Å². The van der Waals surface area contributed by atoms with Crippen molar-refractivity contribution < 1.29 is 26.7 Å². The third kappa shape index (κ3) is 239. The molecule has 33 valence electrons. The van der Waals surface area contributed by atoms with Crippen LogP contribution in [0.3, 0.4) is 0 Å². The molecule has 0 aromatic rings. The zero-order chi connectivity index (χ0) is 3.58. The van der Waals surface area contributed by atoms with Gasteiger partial charge in [-0.25, -0.2) is 0 Å². The Labute approximate surface area is 39.4 Å². The van der Waals surface area contributed by atoms with Crippen molar-refractivity contribution in [2.24, 2.45) is 0 Å². The van der Waals surface area contributed by atoms with Gasteiger partial charge in [-0.2, -0.15) is 0 Å². The first-order chi connectivity index (χ1) is 1.73. The molecule has 0 aliphatic carbocycles. The molecule has 0 aliphatic rings. The molecule has 1 amide bonds. The monoisotopic (exact) mass is 119 g/mol. The van der Waals surface area contributed by atoms with E-state index in [1.54, 1.807) is 0 Å².